The van der Waals surface area contributed by atoms with Crippen molar-refractivity contribution in [3.63, 3.8) is 0 Å². The van der Waals surface area contributed by atoms with Gasteiger partial charge in [0, 0.05) is 30.9 Å². The molecule has 2 aliphatic heterocycles. The SMILES string of the molecule is Cc1cc(NC(=O)C2CCCN2C(=O)C23CC4CC(CC(C4)C2)C3)ccc1N1CCCC1=O. The standard InChI is InChI=1S/C27H35N3O3/c1-17-10-21(6-7-22(17)29-8-3-5-24(29)31)28-25(32)23-4-2-9-30(23)26(33)27-14-18-11-19(15-27)13-20(12-18)16-27/h6-7,10,18-20,23H,2-5,8-9,11-16H2,1H3,(H,28,32). The normalized spacial score (nSPS) is 34.9. The molecular weight excluding hydrogens is 414 g/mol. The van der Waals surface area contributed by atoms with Crippen molar-refractivity contribution >= 4 is 29.1 Å². The molecule has 0 spiro atoms. The number of aryl methyl sites for hydroxylation is 1. The molecule has 1 unspecified atom stereocenters. The zero-order valence-corrected chi connectivity index (χ0v) is 19.6. The maximum absolute atomic E-state index is 13.9. The summed E-state index contributed by atoms with van der Waals surface area (Å²) in [4.78, 5) is 43.0. The van der Waals surface area contributed by atoms with Crippen LogP contribution < -0.4 is 10.2 Å². The van der Waals surface area contributed by atoms with Crippen LogP contribution >= 0.6 is 0 Å². The predicted octanol–water partition coefficient (Wildman–Crippen LogP) is 4.27. The van der Waals surface area contributed by atoms with Gasteiger partial charge in [-0.1, -0.05) is 0 Å². The number of amides is 3. The third-order valence-electron chi connectivity index (χ3n) is 9.14. The van der Waals surface area contributed by atoms with Crippen LogP contribution in [-0.2, 0) is 14.4 Å². The number of benzene rings is 1. The van der Waals surface area contributed by atoms with E-state index in [9.17, 15) is 14.4 Å². The molecular formula is C27H35N3O3. The third-order valence-corrected chi connectivity index (χ3v) is 9.14. The zero-order valence-electron chi connectivity index (χ0n) is 19.6. The minimum Gasteiger partial charge on any atom is -0.330 e. The van der Waals surface area contributed by atoms with Gasteiger partial charge in [-0.15, -0.1) is 0 Å². The fourth-order valence-electron chi connectivity index (χ4n) is 8.12. The van der Waals surface area contributed by atoms with Crippen molar-refractivity contribution in [2.75, 3.05) is 23.3 Å². The quantitative estimate of drug-likeness (QED) is 0.746. The van der Waals surface area contributed by atoms with Crippen molar-refractivity contribution < 1.29 is 14.4 Å². The Morgan fingerprint density at radius 2 is 1.70 bits per heavy atom. The lowest BCUT2D eigenvalue weighted by molar-refractivity contribution is -0.160. The van der Waals surface area contributed by atoms with Crippen molar-refractivity contribution in [1.29, 1.82) is 0 Å². The Morgan fingerprint density at radius 3 is 2.30 bits per heavy atom. The van der Waals surface area contributed by atoms with Crippen LogP contribution in [-0.4, -0.2) is 41.8 Å². The summed E-state index contributed by atoms with van der Waals surface area (Å²) in [7, 11) is 0. The summed E-state index contributed by atoms with van der Waals surface area (Å²) in [6, 6.07) is 5.39. The van der Waals surface area contributed by atoms with Gasteiger partial charge in [-0.05, 0) is 106 Å². The van der Waals surface area contributed by atoms with E-state index in [0.29, 0.717) is 13.0 Å². The zero-order chi connectivity index (χ0) is 22.7. The molecule has 1 aromatic rings. The number of nitrogens with zero attached hydrogens (tertiary/aromatic N) is 2. The van der Waals surface area contributed by atoms with Crippen molar-refractivity contribution in [3.05, 3.63) is 23.8 Å². The van der Waals surface area contributed by atoms with Gasteiger partial charge < -0.3 is 15.1 Å². The largest absolute Gasteiger partial charge is 0.330 e. The molecule has 1 N–H and O–H groups in total. The van der Waals surface area contributed by atoms with Crippen LogP contribution in [0.3, 0.4) is 0 Å². The van der Waals surface area contributed by atoms with Gasteiger partial charge in [0.1, 0.15) is 6.04 Å². The summed E-state index contributed by atoms with van der Waals surface area (Å²) in [5.74, 6) is 2.52. The van der Waals surface area contributed by atoms with Gasteiger partial charge in [0.15, 0.2) is 0 Å². The van der Waals surface area contributed by atoms with Crippen LogP contribution in [0.2, 0.25) is 0 Å². The highest BCUT2D eigenvalue weighted by molar-refractivity contribution is 5.99. The molecule has 6 fully saturated rings. The van der Waals surface area contributed by atoms with E-state index >= 15 is 0 Å². The van der Waals surface area contributed by atoms with E-state index in [2.05, 4.69) is 5.32 Å². The molecule has 4 aliphatic carbocycles. The fourth-order valence-corrected chi connectivity index (χ4v) is 8.12. The van der Waals surface area contributed by atoms with Gasteiger partial charge in [-0.25, -0.2) is 0 Å². The highest BCUT2D eigenvalue weighted by Gasteiger charge is 2.56. The van der Waals surface area contributed by atoms with Gasteiger partial charge in [0.05, 0.1) is 5.41 Å². The van der Waals surface area contributed by atoms with Crippen molar-refractivity contribution in [2.45, 2.75) is 77.2 Å². The molecule has 0 aromatic heterocycles. The number of carbonyl (C=O) groups is 3. The Labute approximate surface area is 196 Å². The topological polar surface area (TPSA) is 69.7 Å². The van der Waals surface area contributed by atoms with E-state index in [1.165, 1.54) is 19.3 Å². The second kappa shape index (κ2) is 7.85. The van der Waals surface area contributed by atoms with Gasteiger partial charge >= 0.3 is 0 Å². The molecule has 4 bridgehead atoms. The Balaban J connectivity index is 1.16. The maximum Gasteiger partial charge on any atom is 0.247 e. The molecule has 2 saturated heterocycles. The molecule has 7 rings (SSSR count). The van der Waals surface area contributed by atoms with E-state index < -0.39 is 0 Å². The highest BCUT2D eigenvalue weighted by Crippen LogP contribution is 2.60. The monoisotopic (exact) mass is 449 g/mol. The Morgan fingerprint density at radius 1 is 1.00 bits per heavy atom. The molecule has 1 aromatic carbocycles. The van der Waals surface area contributed by atoms with Crippen LogP contribution in [0.4, 0.5) is 11.4 Å². The minimum absolute atomic E-state index is 0.0741. The third kappa shape index (κ3) is 3.57. The van der Waals surface area contributed by atoms with Crippen LogP contribution in [0.15, 0.2) is 18.2 Å². The summed E-state index contributed by atoms with van der Waals surface area (Å²) in [6.07, 6.45) is 10.2. The summed E-state index contributed by atoms with van der Waals surface area (Å²) in [5, 5.41) is 3.08. The summed E-state index contributed by atoms with van der Waals surface area (Å²) < 4.78 is 0. The summed E-state index contributed by atoms with van der Waals surface area (Å²) in [6.45, 7) is 3.44. The molecule has 2 heterocycles. The van der Waals surface area contributed by atoms with Gasteiger partial charge in [0.2, 0.25) is 17.7 Å². The van der Waals surface area contributed by atoms with Crippen LogP contribution in [0.1, 0.15) is 69.8 Å². The van der Waals surface area contributed by atoms with Crippen LogP contribution in [0.5, 0.6) is 0 Å². The van der Waals surface area contributed by atoms with Gasteiger partial charge in [-0.2, -0.15) is 0 Å². The number of nitrogens with one attached hydrogen (secondary N) is 1. The second-order valence-corrected chi connectivity index (χ2v) is 11.5. The minimum atomic E-state index is -0.370. The Bertz CT molecular complexity index is 967. The molecule has 6 nitrogen and oxygen atoms in total. The smallest absolute Gasteiger partial charge is 0.247 e. The van der Waals surface area contributed by atoms with Crippen molar-refractivity contribution in [3.8, 4) is 0 Å². The number of likely N-dealkylation sites (tertiary alicyclic amines) is 1. The maximum atomic E-state index is 13.9. The molecule has 176 valence electrons. The summed E-state index contributed by atoms with van der Waals surface area (Å²) in [5.41, 5.74) is 2.45. The number of hydrogen-bond donors (Lipinski definition) is 1. The van der Waals surface area contributed by atoms with Crippen molar-refractivity contribution in [1.82, 2.24) is 4.90 Å². The average molecular weight is 450 g/mol. The first-order valence-corrected chi connectivity index (χ1v) is 12.9. The number of hydrogen-bond acceptors (Lipinski definition) is 3. The molecule has 0 radical (unpaired) electrons. The van der Waals surface area contributed by atoms with Crippen molar-refractivity contribution in [2.24, 2.45) is 23.2 Å². The molecule has 4 saturated carbocycles. The molecule has 6 heteroatoms. The first-order valence-electron chi connectivity index (χ1n) is 12.9. The van der Waals surface area contributed by atoms with E-state index in [0.717, 1.165) is 79.8 Å². The predicted molar refractivity (Wildman–Crippen MR) is 127 cm³/mol. The van der Waals surface area contributed by atoms with Crippen LogP contribution in [0.25, 0.3) is 0 Å². The highest BCUT2D eigenvalue weighted by atomic mass is 16.2. The van der Waals surface area contributed by atoms with Gasteiger partial charge in [-0.3, -0.25) is 14.4 Å². The second-order valence-electron chi connectivity index (χ2n) is 11.5. The molecule has 6 aliphatic rings. The Kier molecular flexibility index (Phi) is 5.04. The summed E-state index contributed by atoms with van der Waals surface area (Å²) >= 11 is 0. The van der Waals surface area contributed by atoms with Crippen LogP contribution in [0, 0.1) is 30.1 Å². The molecule has 1 atom stereocenters. The van der Waals surface area contributed by atoms with E-state index in [1.54, 1.807) is 0 Å². The lowest BCUT2D eigenvalue weighted by Gasteiger charge is -2.56. The van der Waals surface area contributed by atoms with E-state index in [4.69, 9.17) is 0 Å². The number of rotatable bonds is 4. The van der Waals surface area contributed by atoms with E-state index in [-0.39, 0.29) is 29.2 Å². The average Bonchev–Trinajstić information content (AvgIpc) is 3.42. The van der Waals surface area contributed by atoms with E-state index in [1.807, 2.05) is 34.9 Å². The Hall–Kier alpha value is -2.37. The molecule has 3 amide bonds. The lowest BCUT2D eigenvalue weighted by atomic mass is 9.49. The lowest BCUT2D eigenvalue weighted by Crippen LogP contribution is -2.56. The number of anilines is 2. The molecule has 33 heavy (non-hydrogen) atoms. The first-order chi connectivity index (χ1) is 15.9. The number of carbonyl (C=O) groups excluding carboxylic acids is 3. The van der Waals surface area contributed by atoms with Gasteiger partial charge in [0.25, 0.3) is 0 Å². The fraction of sp³-hybridized carbons (Fsp3) is 0.667. The first kappa shape index (κ1) is 21.2.